The predicted octanol–water partition coefficient (Wildman–Crippen LogP) is -0.119. The maximum Gasteiger partial charge on any atom is 0.270 e. The maximum absolute atomic E-state index is 11.0. The summed E-state index contributed by atoms with van der Waals surface area (Å²) in [5.74, 6) is 0. The molecule has 0 saturated heterocycles. The van der Waals surface area contributed by atoms with Crippen molar-refractivity contribution in [2.45, 2.75) is 12.5 Å². The van der Waals surface area contributed by atoms with Crippen molar-refractivity contribution >= 4 is 0 Å². The van der Waals surface area contributed by atoms with Crippen molar-refractivity contribution in [1.82, 2.24) is 0 Å². The number of hydrogen-bond donors (Lipinski definition) is 2. The van der Waals surface area contributed by atoms with Gasteiger partial charge in [-0.05, 0) is 18.6 Å². The van der Waals surface area contributed by atoms with Crippen LogP contribution in [0.5, 0.6) is 0 Å². The standard InChI is InChI=1S/C9H10N4O4/c10-5-1-3-7(12(14)15)9(5)6(11)2-4-8(9)13(16)17/h1,3-4,6H,2,10-11H2. The molecule has 0 saturated carbocycles. The minimum absolute atomic E-state index is 0.0529. The molecule has 0 aromatic carbocycles. The summed E-state index contributed by atoms with van der Waals surface area (Å²) in [7, 11) is 0. The van der Waals surface area contributed by atoms with E-state index in [9.17, 15) is 20.2 Å². The highest BCUT2D eigenvalue weighted by Gasteiger charge is 2.63. The van der Waals surface area contributed by atoms with Crippen LogP contribution in [-0.2, 0) is 0 Å². The summed E-state index contributed by atoms with van der Waals surface area (Å²) in [6.45, 7) is 0. The highest BCUT2D eigenvalue weighted by Crippen LogP contribution is 2.51. The number of nitrogens with two attached hydrogens (primary N) is 2. The van der Waals surface area contributed by atoms with Crippen LogP contribution in [0.4, 0.5) is 0 Å². The normalized spacial score (nSPS) is 31.1. The van der Waals surface area contributed by atoms with Crippen molar-refractivity contribution in [1.29, 1.82) is 0 Å². The molecule has 0 radical (unpaired) electrons. The van der Waals surface area contributed by atoms with Crippen molar-refractivity contribution in [3.05, 3.63) is 55.5 Å². The Balaban J connectivity index is 2.63. The molecule has 0 aromatic heterocycles. The molecule has 0 bridgehead atoms. The second-order valence-corrected chi connectivity index (χ2v) is 3.93. The van der Waals surface area contributed by atoms with Crippen LogP contribution in [0, 0.1) is 25.6 Å². The van der Waals surface area contributed by atoms with E-state index in [1.165, 1.54) is 18.2 Å². The molecule has 0 aromatic rings. The van der Waals surface area contributed by atoms with Crippen molar-refractivity contribution in [3.63, 3.8) is 0 Å². The molecule has 2 unspecified atom stereocenters. The van der Waals surface area contributed by atoms with E-state index in [-0.39, 0.29) is 23.5 Å². The van der Waals surface area contributed by atoms with Gasteiger partial charge in [0, 0.05) is 17.8 Å². The number of nitro groups is 2. The van der Waals surface area contributed by atoms with Gasteiger partial charge in [0.2, 0.25) is 5.41 Å². The fraction of sp³-hybridized carbons (Fsp3) is 0.333. The lowest BCUT2D eigenvalue weighted by Gasteiger charge is -2.26. The first-order valence-electron chi connectivity index (χ1n) is 4.85. The highest BCUT2D eigenvalue weighted by molar-refractivity contribution is 5.47. The SMILES string of the molecule is NC1=CC=C([N+](=O)[O-])C12C([N+](=O)[O-])=CCC2N. The van der Waals surface area contributed by atoms with Gasteiger partial charge in [-0.15, -0.1) is 0 Å². The van der Waals surface area contributed by atoms with E-state index in [0.717, 1.165) is 0 Å². The summed E-state index contributed by atoms with van der Waals surface area (Å²) in [4.78, 5) is 20.6. The van der Waals surface area contributed by atoms with Gasteiger partial charge < -0.3 is 11.5 Å². The molecule has 8 heteroatoms. The number of nitrogens with zero attached hydrogens (tertiary/aromatic N) is 2. The molecule has 4 N–H and O–H groups in total. The Hall–Kier alpha value is -2.22. The summed E-state index contributed by atoms with van der Waals surface area (Å²) in [6, 6.07) is -0.779. The molecule has 90 valence electrons. The summed E-state index contributed by atoms with van der Waals surface area (Å²) in [5.41, 5.74) is 9.34. The van der Waals surface area contributed by atoms with Gasteiger partial charge in [-0.2, -0.15) is 0 Å². The molecule has 0 fully saturated rings. The van der Waals surface area contributed by atoms with Gasteiger partial charge in [0.25, 0.3) is 11.4 Å². The zero-order valence-electron chi connectivity index (χ0n) is 8.70. The lowest BCUT2D eigenvalue weighted by atomic mass is 9.78. The minimum atomic E-state index is -1.58. The highest BCUT2D eigenvalue weighted by atomic mass is 16.6. The van der Waals surface area contributed by atoms with Gasteiger partial charge >= 0.3 is 0 Å². The van der Waals surface area contributed by atoms with Crippen LogP contribution in [0.15, 0.2) is 35.3 Å². The van der Waals surface area contributed by atoms with Crippen molar-refractivity contribution in [2.75, 3.05) is 0 Å². The fourth-order valence-electron chi connectivity index (χ4n) is 2.45. The summed E-state index contributed by atoms with van der Waals surface area (Å²) in [6.07, 6.45) is 3.97. The zero-order valence-corrected chi connectivity index (χ0v) is 8.70. The second-order valence-electron chi connectivity index (χ2n) is 3.93. The van der Waals surface area contributed by atoms with E-state index in [4.69, 9.17) is 11.5 Å². The minimum Gasteiger partial charge on any atom is -0.401 e. The van der Waals surface area contributed by atoms with E-state index in [2.05, 4.69) is 0 Å². The molecule has 0 amide bonds. The first kappa shape index (κ1) is 11.3. The molecule has 2 aliphatic carbocycles. The third kappa shape index (κ3) is 1.21. The van der Waals surface area contributed by atoms with Crippen molar-refractivity contribution in [2.24, 2.45) is 16.9 Å². The van der Waals surface area contributed by atoms with E-state index in [1.54, 1.807) is 0 Å². The van der Waals surface area contributed by atoms with Gasteiger partial charge in [0.05, 0.1) is 9.85 Å². The largest absolute Gasteiger partial charge is 0.401 e. The van der Waals surface area contributed by atoms with Gasteiger partial charge in [-0.3, -0.25) is 20.2 Å². The molecule has 0 heterocycles. The van der Waals surface area contributed by atoms with Gasteiger partial charge in [0.15, 0.2) is 0 Å². The zero-order chi connectivity index (χ0) is 12.8. The molecule has 2 aliphatic rings. The Kier molecular flexibility index (Phi) is 2.25. The van der Waals surface area contributed by atoms with E-state index < -0.39 is 21.3 Å². The molecule has 8 nitrogen and oxygen atoms in total. The van der Waals surface area contributed by atoms with Gasteiger partial charge in [-0.1, -0.05) is 0 Å². The van der Waals surface area contributed by atoms with Crippen LogP contribution < -0.4 is 11.5 Å². The first-order valence-corrected chi connectivity index (χ1v) is 4.85. The maximum atomic E-state index is 11.0. The lowest BCUT2D eigenvalue weighted by Crippen LogP contribution is -2.46. The molecule has 1 spiro atoms. The van der Waals surface area contributed by atoms with E-state index >= 15 is 0 Å². The van der Waals surface area contributed by atoms with Crippen molar-refractivity contribution < 1.29 is 9.85 Å². The topological polar surface area (TPSA) is 138 Å². The van der Waals surface area contributed by atoms with Crippen LogP contribution in [0.1, 0.15) is 6.42 Å². The summed E-state index contributed by atoms with van der Waals surface area (Å²) in [5, 5.41) is 21.9. The van der Waals surface area contributed by atoms with E-state index in [1.807, 2.05) is 0 Å². The van der Waals surface area contributed by atoms with Gasteiger partial charge in [-0.25, -0.2) is 0 Å². The molecular weight excluding hydrogens is 228 g/mol. The molecule has 0 aliphatic heterocycles. The van der Waals surface area contributed by atoms with Crippen LogP contribution in [-0.4, -0.2) is 15.9 Å². The van der Waals surface area contributed by atoms with Crippen LogP contribution in [0.2, 0.25) is 0 Å². The number of hydrogen-bond acceptors (Lipinski definition) is 6. The summed E-state index contributed by atoms with van der Waals surface area (Å²) < 4.78 is 0. The summed E-state index contributed by atoms with van der Waals surface area (Å²) >= 11 is 0. The predicted molar refractivity (Wildman–Crippen MR) is 57.5 cm³/mol. The van der Waals surface area contributed by atoms with Crippen LogP contribution >= 0.6 is 0 Å². The number of allylic oxidation sites excluding steroid dienone is 2. The lowest BCUT2D eigenvalue weighted by molar-refractivity contribution is -0.467. The quantitative estimate of drug-likeness (QED) is 0.508. The Morgan fingerprint density at radius 3 is 2.35 bits per heavy atom. The van der Waals surface area contributed by atoms with E-state index in [0.29, 0.717) is 0 Å². The third-order valence-corrected chi connectivity index (χ3v) is 3.20. The third-order valence-electron chi connectivity index (χ3n) is 3.20. The Bertz CT molecular complexity index is 507. The molecular formula is C9H10N4O4. The molecule has 2 rings (SSSR count). The van der Waals surface area contributed by atoms with Crippen LogP contribution in [0.3, 0.4) is 0 Å². The monoisotopic (exact) mass is 238 g/mol. The second kappa shape index (κ2) is 3.39. The Morgan fingerprint density at radius 2 is 1.82 bits per heavy atom. The number of rotatable bonds is 2. The fourth-order valence-corrected chi connectivity index (χ4v) is 2.45. The molecule has 2 atom stereocenters. The van der Waals surface area contributed by atoms with Gasteiger partial charge in [0.1, 0.15) is 0 Å². The average Bonchev–Trinajstić information content (AvgIpc) is 2.73. The Morgan fingerprint density at radius 1 is 1.24 bits per heavy atom. The average molecular weight is 238 g/mol. The first-order chi connectivity index (χ1) is 7.92. The smallest absolute Gasteiger partial charge is 0.270 e. The Labute approximate surface area is 95.6 Å². The van der Waals surface area contributed by atoms with Crippen LogP contribution in [0.25, 0.3) is 0 Å². The molecule has 17 heavy (non-hydrogen) atoms. The van der Waals surface area contributed by atoms with Crippen molar-refractivity contribution in [3.8, 4) is 0 Å².